The SMILES string of the molecule is CCC(C)n1nccc1NC(=O)CCn1[nH]c(=O)c2ccccc2c1=O. The first-order chi connectivity index (χ1) is 12.5. The van der Waals surface area contributed by atoms with Gasteiger partial charge >= 0.3 is 0 Å². The molecule has 1 unspecified atom stereocenters. The molecule has 0 radical (unpaired) electrons. The van der Waals surface area contributed by atoms with Crippen LogP contribution in [0.4, 0.5) is 5.82 Å². The Morgan fingerprint density at radius 1 is 1.23 bits per heavy atom. The van der Waals surface area contributed by atoms with E-state index in [4.69, 9.17) is 0 Å². The molecule has 8 heteroatoms. The number of aromatic amines is 1. The summed E-state index contributed by atoms with van der Waals surface area (Å²) in [4.78, 5) is 36.8. The van der Waals surface area contributed by atoms with Gasteiger partial charge in [-0.05, 0) is 25.5 Å². The van der Waals surface area contributed by atoms with Crippen molar-refractivity contribution in [1.29, 1.82) is 0 Å². The van der Waals surface area contributed by atoms with Crippen LogP contribution >= 0.6 is 0 Å². The number of nitrogens with zero attached hydrogens (tertiary/aromatic N) is 3. The van der Waals surface area contributed by atoms with Crippen molar-refractivity contribution in [3.05, 3.63) is 57.2 Å². The number of aromatic nitrogens is 4. The summed E-state index contributed by atoms with van der Waals surface area (Å²) in [7, 11) is 0. The lowest BCUT2D eigenvalue weighted by Crippen LogP contribution is -2.31. The molecule has 1 amide bonds. The lowest BCUT2D eigenvalue weighted by molar-refractivity contribution is -0.116. The Morgan fingerprint density at radius 2 is 1.96 bits per heavy atom. The highest BCUT2D eigenvalue weighted by atomic mass is 16.2. The van der Waals surface area contributed by atoms with Crippen molar-refractivity contribution in [3.63, 3.8) is 0 Å². The van der Waals surface area contributed by atoms with Crippen molar-refractivity contribution >= 4 is 22.5 Å². The van der Waals surface area contributed by atoms with Gasteiger partial charge in [0.2, 0.25) is 5.91 Å². The highest BCUT2D eigenvalue weighted by Gasteiger charge is 2.12. The van der Waals surface area contributed by atoms with Crippen molar-refractivity contribution in [2.45, 2.75) is 39.3 Å². The molecule has 136 valence electrons. The quantitative estimate of drug-likeness (QED) is 0.705. The van der Waals surface area contributed by atoms with E-state index in [0.29, 0.717) is 16.6 Å². The number of fused-ring (bicyclic) bond motifs is 1. The second-order valence-corrected chi connectivity index (χ2v) is 6.16. The van der Waals surface area contributed by atoms with Crippen molar-refractivity contribution in [1.82, 2.24) is 19.6 Å². The van der Waals surface area contributed by atoms with Gasteiger partial charge in [-0.2, -0.15) is 5.10 Å². The van der Waals surface area contributed by atoms with Gasteiger partial charge in [0, 0.05) is 12.5 Å². The van der Waals surface area contributed by atoms with Gasteiger partial charge in [-0.3, -0.25) is 19.5 Å². The van der Waals surface area contributed by atoms with E-state index in [1.54, 1.807) is 41.2 Å². The molecule has 0 saturated carbocycles. The second-order valence-electron chi connectivity index (χ2n) is 6.16. The van der Waals surface area contributed by atoms with Gasteiger partial charge in [0.15, 0.2) is 0 Å². The van der Waals surface area contributed by atoms with E-state index in [2.05, 4.69) is 15.5 Å². The molecule has 0 bridgehead atoms. The van der Waals surface area contributed by atoms with Crippen molar-refractivity contribution < 1.29 is 4.79 Å². The van der Waals surface area contributed by atoms with Crippen molar-refractivity contribution in [3.8, 4) is 0 Å². The molecule has 0 aliphatic heterocycles. The van der Waals surface area contributed by atoms with Gasteiger partial charge < -0.3 is 5.32 Å². The largest absolute Gasteiger partial charge is 0.311 e. The first kappa shape index (κ1) is 17.7. The number of carbonyl (C=O) groups excluding carboxylic acids is 1. The highest BCUT2D eigenvalue weighted by molar-refractivity contribution is 5.89. The average Bonchev–Trinajstić information content (AvgIpc) is 3.11. The molecule has 1 atom stereocenters. The number of anilines is 1. The number of rotatable bonds is 6. The molecule has 3 rings (SSSR count). The number of aryl methyl sites for hydroxylation is 1. The number of hydrogen-bond donors (Lipinski definition) is 2. The number of hydrogen-bond acceptors (Lipinski definition) is 4. The Kier molecular flexibility index (Phi) is 5.01. The fourth-order valence-corrected chi connectivity index (χ4v) is 2.76. The molecule has 3 aromatic rings. The zero-order chi connectivity index (χ0) is 18.7. The van der Waals surface area contributed by atoms with E-state index >= 15 is 0 Å². The molecule has 0 aliphatic rings. The predicted molar refractivity (Wildman–Crippen MR) is 99.3 cm³/mol. The van der Waals surface area contributed by atoms with E-state index in [9.17, 15) is 14.4 Å². The Bertz CT molecular complexity index is 1050. The smallest absolute Gasteiger partial charge is 0.273 e. The standard InChI is InChI=1S/C18H21N5O3/c1-3-12(2)23-15(8-10-19-23)20-16(24)9-11-22-18(26)14-7-5-4-6-13(14)17(25)21-22/h4-8,10,12H,3,9,11H2,1-2H3,(H,20,24)(H,21,25). The molecule has 2 N–H and O–H groups in total. The molecule has 2 aromatic heterocycles. The fourth-order valence-electron chi connectivity index (χ4n) is 2.76. The maximum atomic E-state index is 12.4. The highest BCUT2D eigenvalue weighted by Crippen LogP contribution is 2.16. The molecule has 0 saturated heterocycles. The Labute approximate surface area is 149 Å². The van der Waals surface area contributed by atoms with E-state index in [1.807, 2.05) is 13.8 Å². The van der Waals surface area contributed by atoms with Crippen LogP contribution in [0, 0.1) is 0 Å². The summed E-state index contributed by atoms with van der Waals surface area (Å²) < 4.78 is 2.93. The van der Waals surface area contributed by atoms with Gasteiger partial charge in [-0.15, -0.1) is 0 Å². The van der Waals surface area contributed by atoms with Gasteiger partial charge in [-0.1, -0.05) is 19.1 Å². The number of nitrogens with one attached hydrogen (secondary N) is 2. The molecule has 1 aromatic carbocycles. The van der Waals surface area contributed by atoms with Crippen LogP contribution in [0.1, 0.15) is 32.7 Å². The van der Waals surface area contributed by atoms with Crippen LogP contribution < -0.4 is 16.4 Å². The zero-order valence-electron chi connectivity index (χ0n) is 14.7. The molecule has 8 nitrogen and oxygen atoms in total. The van der Waals surface area contributed by atoms with Crippen LogP contribution in [0.2, 0.25) is 0 Å². The minimum atomic E-state index is -0.351. The van der Waals surface area contributed by atoms with Gasteiger partial charge in [-0.25, -0.2) is 9.36 Å². The maximum Gasteiger partial charge on any atom is 0.273 e. The molecule has 0 fully saturated rings. The first-order valence-corrected chi connectivity index (χ1v) is 8.56. The van der Waals surface area contributed by atoms with Crippen LogP contribution in [0.15, 0.2) is 46.1 Å². The van der Waals surface area contributed by atoms with Crippen LogP contribution in [0.25, 0.3) is 10.8 Å². The summed E-state index contributed by atoms with van der Waals surface area (Å²) in [6.45, 7) is 4.14. The van der Waals surface area contributed by atoms with E-state index < -0.39 is 0 Å². The minimum Gasteiger partial charge on any atom is -0.311 e. The lowest BCUT2D eigenvalue weighted by Gasteiger charge is -2.14. The molecular weight excluding hydrogens is 334 g/mol. The van der Waals surface area contributed by atoms with E-state index in [1.165, 1.54) is 4.68 Å². The molecule has 0 spiro atoms. The molecule has 26 heavy (non-hydrogen) atoms. The van der Waals surface area contributed by atoms with E-state index in [0.717, 1.165) is 6.42 Å². The summed E-state index contributed by atoms with van der Waals surface area (Å²) in [6.07, 6.45) is 2.57. The third-order valence-electron chi connectivity index (χ3n) is 4.39. The van der Waals surface area contributed by atoms with Crippen LogP contribution in [-0.4, -0.2) is 25.5 Å². The summed E-state index contributed by atoms with van der Waals surface area (Å²) in [6, 6.07) is 8.51. The average molecular weight is 355 g/mol. The zero-order valence-corrected chi connectivity index (χ0v) is 14.7. The Balaban J connectivity index is 1.74. The van der Waals surface area contributed by atoms with Gasteiger partial charge in [0.25, 0.3) is 11.1 Å². The fraction of sp³-hybridized carbons (Fsp3) is 0.333. The Morgan fingerprint density at radius 3 is 2.69 bits per heavy atom. The topological polar surface area (TPSA) is 102 Å². The molecular formula is C18H21N5O3. The van der Waals surface area contributed by atoms with E-state index in [-0.39, 0.29) is 36.0 Å². The number of amides is 1. The summed E-state index contributed by atoms with van der Waals surface area (Å²) in [5, 5.41) is 10.2. The minimum absolute atomic E-state index is 0.0554. The summed E-state index contributed by atoms with van der Waals surface area (Å²) in [5.74, 6) is 0.361. The van der Waals surface area contributed by atoms with Crippen molar-refractivity contribution in [2.75, 3.05) is 5.32 Å². The third kappa shape index (κ3) is 3.44. The summed E-state index contributed by atoms with van der Waals surface area (Å²) >= 11 is 0. The van der Waals surface area contributed by atoms with Crippen molar-refractivity contribution in [2.24, 2.45) is 0 Å². The Hall–Kier alpha value is -3.16. The molecule has 0 aliphatic carbocycles. The second kappa shape index (κ2) is 7.38. The maximum absolute atomic E-state index is 12.4. The summed E-state index contributed by atoms with van der Waals surface area (Å²) in [5.41, 5.74) is -0.673. The first-order valence-electron chi connectivity index (χ1n) is 8.56. The number of carbonyl (C=O) groups is 1. The monoisotopic (exact) mass is 355 g/mol. The lowest BCUT2D eigenvalue weighted by atomic mass is 10.2. The normalized spacial score (nSPS) is 12.2. The van der Waals surface area contributed by atoms with Gasteiger partial charge in [0.1, 0.15) is 5.82 Å². The van der Waals surface area contributed by atoms with Crippen LogP contribution in [-0.2, 0) is 11.3 Å². The van der Waals surface area contributed by atoms with Crippen LogP contribution in [0.3, 0.4) is 0 Å². The predicted octanol–water partition coefficient (Wildman–Crippen LogP) is 1.89. The molecule has 2 heterocycles. The number of benzene rings is 1. The third-order valence-corrected chi connectivity index (χ3v) is 4.39. The van der Waals surface area contributed by atoms with Crippen LogP contribution in [0.5, 0.6) is 0 Å². The van der Waals surface area contributed by atoms with Gasteiger partial charge in [0.05, 0.1) is 29.6 Å². The number of H-pyrrole nitrogens is 1.